The van der Waals surface area contributed by atoms with Gasteiger partial charge in [-0.05, 0) is 32.4 Å². The Hall–Kier alpha value is -2.04. The predicted molar refractivity (Wildman–Crippen MR) is 73.8 cm³/mol. The zero-order chi connectivity index (χ0) is 14.0. The number of alkyl carbamates (subject to hydrolysis) is 1. The summed E-state index contributed by atoms with van der Waals surface area (Å²) in [6.45, 7) is 5.97. The van der Waals surface area contributed by atoms with Crippen LogP contribution in [0.1, 0.15) is 26.3 Å². The van der Waals surface area contributed by atoms with E-state index in [1.54, 1.807) is 0 Å². The summed E-state index contributed by atoms with van der Waals surface area (Å²) in [6.07, 6.45) is 1.41. The lowest BCUT2D eigenvalue weighted by Crippen LogP contribution is -2.32. The zero-order valence-electron chi connectivity index (χ0n) is 11.7. The van der Waals surface area contributed by atoms with E-state index < -0.39 is 11.7 Å². The second-order valence-electron chi connectivity index (χ2n) is 5.52. The van der Waals surface area contributed by atoms with Gasteiger partial charge in [0.15, 0.2) is 0 Å². The highest BCUT2D eigenvalue weighted by molar-refractivity contribution is 5.79. The molecular weight excluding hydrogens is 242 g/mol. The maximum atomic E-state index is 11.6. The Balaban J connectivity index is 2.02. The molecule has 5 heteroatoms. The van der Waals surface area contributed by atoms with E-state index in [0.29, 0.717) is 6.54 Å². The largest absolute Gasteiger partial charge is 0.444 e. The predicted octanol–water partition coefficient (Wildman–Crippen LogP) is 2.60. The monoisotopic (exact) mass is 261 g/mol. The number of benzene rings is 1. The van der Waals surface area contributed by atoms with Crippen LogP contribution in [0.15, 0.2) is 24.4 Å². The van der Waals surface area contributed by atoms with Gasteiger partial charge < -0.3 is 10.1 Å². The third-order valence-electron chi connectivity index (χ3n) is 2.65. The molecule has 0 radical (unpaired) electrons. The van der Waals surface area contributed by atoms with Crippen molar-refractivity contribution < 1.29 is 9.53 Å². The van der Waals surface area contributed by atoms with E-state index in [-0.39, 0.29) is 0 Å². The first-order valence-electron chi connectivity index (χ1n) is 6.23. The zero-order valence-corrected chi connectivity index (χ0v) is 11.7. The van der Waals surface area contributed by atoms with Gasteiger partial charge in [0.1, 0.15) is 5.60 Å². The lowest BCUT2D eigenvalue weighted by Gasteiger charge is -2.19. The van der Waals surface area contributed by atoms with Gasteiger partial charge in [-0.2, -0.15) is 5.10 Å². The Labute approximate surface area is 112 Å². The molecule has 19 heavy (non-hydrogen) atoms. The number of ether oxygens (including phenoxy) is 1. The quantitative estimate of drug-likeness (QED) is 0.904. The summed E-state index contributed by atoms with van der Waals surface area (Å²) >= 11 is 0. The van der Waals surface area contributed by atoms with Gasteiger partial charge in [0.2, 0.25) is 0 Å². The average molecular weight is 261 g/mol. The number of hydrogen-bond donors (Lipinski definition) is 1. The summed E-state index contributed by atoms with van der Waals surface area (Å²) in [5.74, 6) is 0. The fourth-order valence-corrected chi connectivity index (χ4v) is 1.79. The van der Waals surface area contributed by atoms with Gasteiger partial charge in [0.25, 0.3) is 0 Å². The average Bonchev–Trinajstić information content (AvgIpc) is 2.66. The van der Waals surface area contributed by atoms with Crippen LogP contribution < -0.4 is 5.32 Å². The van der Waals surface area contributed by atoms with Crippen LogP contribution in [0.5, 0.6) is 0 Å². The minimum atomic E-state index is -0.476. The number of carbonyl (C=O) groups excluding carboxylic acids is 1. The first kappa shape index (κ1) is 13.4. The topological polar surface area (TPSA) is 56.2 Å². The van der Waals surface area contributed by atoms with Crippen LogP contribution in [-0.2, 0) is 18.3 Å². The van der Waals surface area contributed by atoms with Crippen molar-refractivity contribution in [2.75, 3.05) is 0 Å². The molecule has 0 saturated heterocycles. The number of fused-ring (bicyclic) bond motifs is 1. The molecule has 0 aliphatic heterocycles. The molecule has 5 nitrogen and oxygen atoms in total. The molecule has 0 saturated carbocycles. The minimum absolute atomic E-state index is 0.405. The Morgan fingerprint density at radius 1 is 1.42 bits per heavy atom. The van der Waals surface area contributed by atoms with E-state index in [9.17, 15) is 4.79 Å². The summed E-state index contributed by atoms with van der Waals surface area (Å²) < 4.78 is 7.00. The Kier molecular flexibility index (Phi) is 3.46. The van der Waals surface area contributed by atoms with Crippen LogP contribution >= 0.6 is 0 Å². The second kappa shape index (κ2) is 4.91. The molecule has 0 fully saturated rings. The van der Waals surface area contributed by atoms with Crippen LogP contribution in [0, 0.1) is 0 Å². The van der Waals surface area contributed by atoms with E-state index in [0.717, 1.165) is 16.5 Å². The van der Waals surface area contributed by atoms with Crippen molar-refractivity contribution in [2.24, 2.45) is 7.05 Å². The van der Waals surface area contributed by atoms with Crippen LogP contribution in [0.25, 0.3) is 10.9 Å². The highest BCUT2D eigenvalue weighted by Gasteiger charge is 2.15. The van der Waals surface area contributed by atoms with E-state index in [2.05, 4.69) is 10.4 Å². The Morgan fingerprint density at radius 3 is 2.84 bits per heavy atom. The maximum absolute atomic E-state index is 11.6. The standard InChI is InChI=1S/C14H19N3O2/c1-14(2,3)19-13(18)15-8-10-5-6-11-9-16-17(4)12(11)7-10/h5-7,9H,8H2,1-4H3,(H,15,18). The maximum Gasteiger partial charge on any atom is 0.407 e. The molecule has 0 aliphatic carbocycles. The van der Waals surface area contributed by atoms with E-state index >= 15 is 0 Å². The third kappa shape index (κ3) is 3.47. The molecule has 2 aromatic rings. The summed E-state index contributed by atoms with van der Waals surface area (Å²) in [7, 11) is 1.90. The van der Waals surface area contributed by atoms with Gasteiger partial charge in [-0.15, -0.1) is 0 Å². The fourth-order valence-electron chi connectivity index (χ4n) is 1.79. The van der Waals surface area contributed by atoms with Gasteiger partial charge in [-0.25, -0.2) is 4.79 Å². The SMILES string of the molecule is Cn1ncc2ccc(CNC(=O)OC(C)(C)C)cc21. The first-order chi connectivity index (χ1) is 8.85. The molecule has 1 aromatic carbocycles. The van der Waals surface area contributed by atoms with Gasteiger partial charge in [-0.3, -0.25) is 4.68 Å². The summed E-state index contributed by atoms with van der Waals surface area (Å²) in [5, 5.41) is 8.01. The van der Waals surface area contributed by atoms with Crippen molar-refractivity contribution in [3.63, 3.8) is 0 Å². The van der Waals surface area contributed by atoms with Gasteiger partial charge in [0, 0.05) is 19.0 Å². The smallest absolute Gasteiger partial charge is 0.407 e. The van der Waals surface area contributed by atoms with Gasteiger partial charge >= 0.3 is 6.09 Å². The molecule has 1 N–H and O–H groups in total. The third-order valence-corrected chi connectivity index (χ3v) is 2.65. The van der Waals surface area contributed by atoms with Crippen LogP contribution in [0.2, 0.25) is 0 Å². The molecule has 0 aliphatic rings. The van der Waals surface area contributed by atoms with Crippen molar-refractivity contribution in [3.05, 3.63) is 30.0 Å². The Bertz CT molecular complexity index is 596. The summed E-state index contributed by atoms with van der Waals surface area (Å²) in [4.78, 5) is 11.6. The molecule has 0 unspecified atom stereocenters. The summed E-state index contributed by atoms with van der Waals surface area (Å²) in [5.41, 5.74) is 1.58. The normalized spacial score (nSPS) is 11.6. The molecule has 2 rings (SSSR count). The highest BCUT2D eigenvalue weighted by atomic mass is 16.6. The van der Waals surface area contributed by atoms with Crippen LogP contribution in [0.4, 0.5) is 4.79 Å². The number of amides is 1. The van der Waals surface area contributed by atoms with Crippen LogP contribution in [0.3, 0.4) is 0 Å². The number of aromatic nitrogens is 2. The van der Waals surface area contributed by atoms with Crippen LogP contribution in [-0.4, -0.2) is 21.5 Å². The Morgan fingerprint density at radius 2 is 2.16 bits per heavy atom. The van der Waals surface area contributed by atoms with Crippen molar-refractivity contribution in [1.82, 2.24) is 15.1 Å². The van der Waals surface area contributed by atoms with E-state index in [1.165, 1.54) is 0 Å². The molecule has 0 atom stereocenters. The lowest BCUT2D eigenvalue weighted by molar-refractivity contribution is 0.0523. The molecule has 102 valence electrons. The number of carbonyl (C=O) groups is 1. The number of nitrogens with one attached hydrogen (secondary N) is 1. The van der Waals surface area contributed by atoms with E-state index in [1.807, 2.05) is 56.9 Å². The number of hydrogen-bond acceptors (Lipinski definition) is 3. The first-order valence-corrected chi connectivity index (χ1v) is 6.23. The van der Waals surface area contributed by atoms with Gasteiger partial charge in [0.05, 0.1) is 11.7 Å². The molecule has 1 amide bonds. The lowest BCUT2D eigenvalue weighted by atomic mass is 10.1. The van der Waals surface area contributed by atoms with E-state index in [4.69, 9.17) is 4.74 Å². The van der Waals surface area contributed by atoms with Crippen molar-refractivity contribution in [3.8, 4) is 0 Å². The van der Waals surface area contributed by atoms with Crippen molar-refractivity contribution in [1.29, 1.82) is 0 Å². The molecular formula is C14H19N3O2. The van der Waals surface area contributed by atoms with Crippen molar-refractivity contribution >= 4 is 17.0 Å². The number of nitrogens with zero attached hydrogens (tertiary/aromatic N) is 2. The molecule has 1 aromatic heterocycles. The second-order valence-corrected chi connectivity index (χ2v) is 5.52. The molecule has 1 heterocycles. The number of aryl methyl sites for hydroxylation is 1. The van der Waals surface area contributed by atoms with Crippen molar-refractivity contribution in [2.45, 2.75) is 32.9 Å². The molecule has 0 spiro atoms. The molecule has 0 bridgehead atoms. The minimum Gasteiger partial charge on any atom is -0.444 e. The summed E-state index contributed by atoms with van der Waals surface area (Å²) in [6, 6.07) is 5.98. The van der Waals surface area contributed by atoms with Gasteiger partial charge in [-0.1, -0.05) is 12.1 Å². The number of rotatable bonds is 2. The fraction of sp³-hybridized carbons (Fsp3) is 0.429. The highest BCUT2D eigenvalue weighted by Crippen LogP contribution is 2.15.